The number of nitrogens with one attached hydrogen (secondary N) is 1. The second-order valence-electron chi connectivity index (χ2n) is 8.95. The highest BCUT2D eigenvalue weighted by atomic mass is 16.5. The summed E-state index contributed by atoms with van der Waals surface area (Å²) in [4.78, 5) is 48.7. The first-order valence-corrected chi connectivity index (χ1v) is 11.2. The molecule has 5 rings (SSSR count). The minimum absolute atomic E-state index is 0.0617. The number of aromatic nitrogens is 4. The van der Waals surface area contributed by atoms with Crippen LogP contribution in [-0.4, -0.2) is 67.0 Å². The summed E-state index contributed by atoms with van der Waals surface area (Å²) >= 11 is 0. The Bertz CT molecular complexity index is 1330. The molecule has 0 atom stereocenters. The van der Waals surface area contributed by atoms with Crippen LogP contribution in [0.3, 0.4) is 0 Å². The van der Waals surface area contributed by atoms with E-state index < -0.39 is 11.4 Å². The molecule has 4 amide bonds. The molecule has 11 nitrogen and oxygen atoms in total. The number of carbonyl (C=O) groups excluding carboxylic acids is 3. The topological polar surface area (TPSA) is 123 Å². The first kappa shape index (κ1) is 22.5. The van der Waals surface area contributed by atoms with Crippen LogP contribution < -0.4 is 10.1 Å². The molecule has 0 aromatic carbocycles. The van der Waals surface area contributed by atoms with Crippen LogP contribution in [0.4, 0.5) is 10.6 Å². The molecule has 0 radical (unpaired) electrons. The minimum atomic E-state index is -0.636. The van der Waals surface area contributed by atoms with E-state index in [4.69, 9.17) is 4.74 Å². The average molecular weight is 476 g/mol. The summed E-state index contributed by atoms with van der Waals surface area (Å²) in [6.45, 7) is 4.30. The lowest BCUT2D eigenvalue weighted by molar-refractivity contribution is -0.151. The number of imide groups is 1. The quantitative estimate of drug-likeness (QED) is 0.615. The number of rotatable bonds is 4. The molecular formula is C24H25N7O4. The van der Waals surface area contributed by atoms with Crippen molar-refractivity contribution >= 4 is 23.7 Å². The smallest absolute Gasteiger partial charge is 0.329 e. The van der Waals surface area contributed by atoms with Gasteiger partial charge in [0.2, 0.25) is 11.8 Å². The molecule has 3 aromatic rings. The lowest BCUT2D eigenvalue weighted by Gasteiger charge is -2.45. The molecule has 180 valence electrons. The molecule has 1 N–H and O–H groups in total. The Hall–Kier alpha value is -4.28. The second-order valence-corrected chi connectivity index (χ2v) is 8.95. The standard InChI is InChI=1S/C24H25N7O4/c1-15-20(35-18-6-8-25-19(10-18)17-11-26-29(3)12-17)4-5-21(27-15)28-23(34)31-9-7-24(22(31)33)13-30(14-24)16(2)32/h4-6,8,10-12H,7,9,13-14H2,1-3H3,(H,27,28,34). The van der Waals surface area contributed by atoms with Gasteiger partial charge in [-0.25, -0.2) is 9.78 Å². The molecule has 5 heterocycles. The number of carbonyl (C=O) groups is 3. The van der Waals surface area contributed by atoms with Gasteiger partial charge >= 0.3 is 6.03 Å². The fourth-order valence-corrected chi connectivity index (χ4v) is 4.43. The summed E-state index contributed by atoms with van der Waals surface area (Å²) in [5.41, 5.74) is 1.54. The van der Waals surface area contributed by atoms with E-state index in [1.54, 1.807) is 47.1 Å². The predicted molar refractivity (Wildman–Crippen MR) is 126 cm³/mol. The fourth-order valence-electron chi connectivity index (χ4n) is 4.43. The van der Waals surface area contributed by atoms with Gasteiger partial charge in [-0.05, 0) is 31.5 Å². The summed E-state index contributed by atoms with van der Waals surface area (Å²) in [5.74, 6) is 1.13. The number of urea groups is 1. The number of likely N-dealkylation sites (tertiary alicyclic amines) is 2. The fraction of sp³-hybridized carbons (Fsp3) is 0.333. The second kappa shape index (κ2) is 8.49. The molecule has 3 aromatic heterocycles. The van der Waals surface area contributed by atoms with E-state index in [9.17, 15) is 14.4 Å². The summed E-state index contributed by atoms with van der Waals surface area (Å²) < 4.78 is 7.70. The Morgan fingerprint density at radius 2 is 2.00 bits per heavy atom. The number of amides is 4. The first-order chi connectivity index (χ1) is 16.7. The van der Waals surface area contributed by atoms with Crippen molar-refractivity contribution in [3.8, 4) is 22.8 Å². The Balaban J connectivity index is 1.23. The summed E-state index contributed by atoms with van der Waals surface area (Å²) in [6, 6.07) is 6.38. The zero-order valence-corrected chi connectivity index (χ0v) is 19.7. The summed E-state index contributed by atoms with van der Waals surface area (Å²) in [5, 5.41) is 6.86. The number of hydrogen-bond acceptors (Lipinski definition) is 7. The van der Waals surface area contributed by atoms with Crippen LogP contribution in [0, 0.1) is 12.3 Å². The van der Waals surface area contributed by atoms with Crippen LogP contribution in [0.2, 0.25) is 0 Å². The lowest BCUT2D eigenvalue weighted by atomic mass is 9.78. The normalized spacial score (nSPS) is 16.4. The highest BCUT2D eigenvalue weighted by molar-refractivity contribution is 6.05. The number of anilines is 1. The van der Waals surface area contributed by atoms with Gasteiger partial charge in [-0.2, -0.15) is 5.10 Å². The van der Waals surface area contributed by atoms with Gasteiger partial charge in [0.05, 0.1) is 23.0 Å². The molecule has 0 bridgehead atoms. The SMILES string of the molecule is CC(=O)N1CC2(CCN(C(=O)Nc3ccc(Oc4ccnc(-c5cnn(C)c5)c4)c(C)n3)C2=O)C1. The van der Waals surface area contributed by atoms with E-state index >= 15 is 0 Å². The summed E-state index contributed by atoms with van der Waals surface area (Å²) in [6.07, 6.45) is 5.81. The van der Waals surface area contributed by atoms with E-state index in [-0.39, 0.29) is 11.8 Å². The zero-order valence-electron chi connectivity index (χ0n) is 19.7. The Labute approximate surface area is 201 Å². The summed E-state index contributed by atoms with van der Waals surface area (Å²) in [7, 11) is 1.84. The third-order valence-corrected chi connectivity index (χ3v) is 6.42. The van der Waals surface area contributed by atoms with Crippen molar-refractivity contribution in [3.05, 3.63) is 48.5 Å². The molecule has 0 saturated carbocycles. The average Bonchev–Trinajstić information content (AvgIpc) is 3.38. The lowest BCUT2D eigenvalue weighted by Crippen LogP contribution is -2.61. The zero-order chi connectivity index (χ0) is 24.7. The van der Waals surface area contributed by atoms with E-state index in [1.807, 2.05) is 19.3 Å². The van der Waals surface area contributed by atoms with Crippen molar-refractivity contribution in [1.82, 2.24) is 29.5 Å². The maximum absolute atomic E-state index is 12.8. The molecule has 35 heavy (non-hydrogen) atoms. The molecule has 2 fully saturated rings. The van der Waals surface area contributed by atoms with Crippen LogP contribution in [-0.2, 0) is 16.6 Å². The van der Waals surface area contributed by atoms with E-state index in [0.29, 0.717) is 49.1 Å². The van der Waals surface area contributed by atoms with E-state index in [2.05, 4.69) is 20.4 Å². The molecule has 0 unspecified atom stereocenters. The minimum Gasteiger partial charge on any atom is -0.455 e. The third-order valence-electron chi connectivity index (χ3n) is 6.42. The van der Waals surface area contributed by atoms with Gasteiger partial charge in [-0.15, -0.1) is 0 Å². The highest BCUT2D eigenvalue weighted by Crippen LogP contribution is 2.41. The number of aryl methyl sites for hydroxylation is 2. The van der Waals surface area contributed by atoms with Crippen molar-refractivity contribution in [2.24, 2.45) is 12.5 Å². The van der Waals surface area contributed by atoms with Crippen LogP contribution in [0.25, 0.3) is 11.3 Å². The largest absolute Gasteiger partial charge is 0.455 e. The van der Waals surface area contributed by atoms with Crippen LogP contribution in [0.15, 0.2) is 42.9 Å². The van der Waals surface area contributed by atoms with Crippen molar-refractivity contribution in [2.45, 2.75) is 20.3 Å². The number of ether oxygens (including phenoxy) is 1. The maximum atomic E-state index is 12.8. The highest BCUT2D eigenvalue weighted by Gasteiger charge is 2.56. The van der Waals surface area contributed by atoms with Gasteiger partial charge in [-0.3, -0.25) is 29.5 Å². The monoisotopic (exact) mass is 475 g/mol. The predicted octanol–water partition coefficient (Wildman–Crippen LogP) is 2.59. The van der Waals surface area contributed by atoms with Gasteiger partial charge < -0.3 is 9.64 Å². The molecular weight excluding hydrogens is 450 g/mol. The Morgan fingerprint density at radius 3 is 2.69 bits per heavy atom. The van der Waals surface area contributed by atoms with Crippen LogP contribution >= 0.6 is 0 Å². The third kappa shape index (κ3) is 4.20. The molecule has 2 saturated heterocycles. The van der Waals surface area contributed by atoms with Gasteiger partial charge in [0, 0.05) is 57.6 Å². The Kier molecular flexibility index (Phi) is 5.46. The van der Waals surface area contributed by atoms with Crippen LogP contribution in [0.1, 0.15) is 19.0 Å². The maximum Gasteiger partial charge on any atom is 0.329 e. The first-order valence-electron chi connectivity index (χ1n) is 11.2. The number of pyridine rings is 2. The van der Waals surface area contributed by atoms with Crippen molar-refractivity contribution in [3.63, 3.8) is 0 Å². The van der Waals surface area contributed by atoms with Crippen molar-refractivity contribution in [2.75, 3.05) is 25.0 Å². The molecule has 2 aliphatic rings. The van der Waals surface area contributed by atoms with Gasteiger partial charge in [0.1, 0.15) is 17.3 Å². The van der Waals surface area contributed by atoms with Gasteiger partial charge in [0.15, 0.2) is 0 Å². The van der Waals surface area contributed by atoms with E-state index in [0.717, 1.165) is 11.3 Å². The Morgan fingerprint density at radius 1 is 1.20 bits per heavy atom. The number of hydrogen-bond donors (Lipinski definition) is 1. The molecule has 2 aliphatic heterocycles. The van der Waals surface area contributed by atoms with Gasteiger partial charge in [-0.1, -0.05) is 0 Å². The van der Waals surface area contributed by atoms with Crippen molar-refractivity contribution < 1.29 is 19.1 Å². The van der Waals surface area contributed by atoms with Crippen molar-refractivity contribution in [1.29, 1.82) is 0 Å². The van der Waals surface area contributed by atoms with Crippen LogP contribution in [0.5, 0.6) is 11.5 Å². The van der Waals surface area contributed by atoms with Gasteiger partial charge in [0.25, 0.3) is 0 Å². The van der Waals surface area contributed by atoms with E-state index in [1.165, 1.54) is 11.8 Å². The molecule has 11 heteroatoms. The molecule has 0 aliphatic carbocycles. The number of nitrogens with zero attached hydrogens (tertiary/aromatic N) is 6. The molecule has 1 spiro atoms.